The third-order valence-corrected chi connectivity index (χ3v) is 4.37. The number of nitrogens with zero attached hydrogens (tertiary/aromatic N) is 2. The van der Waals surface area contributed by atoms with Crippen molar-refractivity contribution in [3.05, 3.63) is 64.7 Å². The molecule has 0 aliphatic heterocycles. The minimum Gasteiger partial charge on any atom is -0.481 e. The predicted octanol–water partition coefficient (Wildman–Crippen LogP) is 4.07. The SMILES string of the molecule is Cc1ccc2c(C)cc(N/N=C\c3ccccc3OCC(=O)O)nc2c1C. The Kier molecular flexibility index (Phi) is 5.35. The summed E-state index contributed by atoms with van der Waals surface area (Å²) < 4.78 is 5.27. The van der Waals surface area contributed by atoms with Crippen LogP contribution in [0.15, 0.2) is 47.6 Å². The highest BCUT2D eigenvalue weighted by Crippen LogP contribution is 2.25. The van der Waals surface area contributed by atoms with Gasteiger partial charge in [-0.3, -0.25) is 5.43 Å². The van der Waals surface area contributed by atoms with Crippen molar-refractivity contribution in [3.8, 4) is 5.75 Å². The number of ether oxygens (including phenoxy) is 1. The van der Waals surface area contributed by atoms with Gasteiger partial charge in [-0.1, -0.05) is 24.3 Å². The van der Waals surface area contributed by atoms with E-state index in [9.17, 15) is 4.79 Å². The lowest BCUT2D eigenvalue weighted by molar-refractivity contribution is -0.139. The van der Waals surface area contributed by atoms with Gasteiger partial charge >= 0.3 is 5.97 Å². The second-order valence-electron chi connectivity index (χ2n) is 6.32. The third-order valence-electron chi connectivity index (χ3n) is 4.37. The van der Waals surface area contributed by atoms with Gasteiger partial charge in [0.05, 0.1) is 11.7 Å². The smallest absolute Gasteiger partial charge is 0.341 e. The fourth-order valence-electron chi connectivity index (χ4n) is 2.78. The van der Waals surface area contributed by atoms with E-state index in [-0.39, 0.29) is 0 Å². The van der Waals surface area contributed by atoms with E-state index >= 15 is 0 Å². The molecule has 0 radical (unpaired) electrons. The fraction of sp³-hybridized carbons (Fsp3) is 0.190. The zero-order valence-corrected chi connectivity index (χ0v) is 15.5. The summed E-state index contributed by atoms with van der Waals surface area (Å²) in [5.74, 6) is 0.0785. The summed E-state index contributed by atoms with van der Waals surface area (Å²) in [6, 6.07) is 13.3. The number of rotatable bonds is 6. The molecule has 6 heteroatoms. The van der Waals surface area contributed by atoms with Gasteiger partial charge in [0.2, 0.25) is 0 Å². The van der Waals surface area contributed by atoms with Gasteiger partial charge in [-0.05, 0) is 55.7 Å². The number of benzene rings is 2. The Hall–Kier alpha value is -3.41. The van der Waals surface area contributed by atoms with E-state index in [0.717, 1.165) is 22.0 Å². The van der Waals surface area contributed by atoms with Crippen LogP contribution in [0.25, 0.3) is 10.9 Å². The monoisotopic (exact) mass is 363 g/mol. The molecule has 0 fully saturated rings. The van der Waals surface area contributed by atoms with Gasteiger partial charge < -0.3 is 9.84 Å². The van der Waals surface area contributed by atoms with Crippen LogP contribution in [0.3, 0.4) is 0 Å². The van der Waals surface area contributed by atoms with Crippen LogP contribution in [0.5, 0.6) is 5.75 Å². The van der Waals surface area contributed by atoms with Crippen LogP contribution in [-0.4, -0.2) is 28.9 Å². The number of hydrogen-bond acceptors (Lipinski definition) is 5. The number of aromatic nitrogens is 1. The Morgan fingerprint density at radius 3 is 2.74 bits per heavy atom. The predicted molar refractivity (Wildman–Crippen MR) is 107 cm³/mol. The van der Waals surface area contributed by atoms with Gasteiger partial charge in [0, 0.05) is 10.9 Å². The molecule has 138 valence electrons. The van der Waals surface area contributed by atoms with Crippen LogP contribution in [0.1, 0.15) is 22.3 Å². The van der Waals surface area contributed by atoms with Gasteiger partial charge in [-0.25, -0.2) is 9.78 Å². The summed E-state index contributed by atoms with van der Waals surface area (Å²) in [7, 11) is 0. The molecule has 0 aliphatic rings. The summed E-state index contributed by atoms with van der Waals surface area (Å²) >= 11 is 0. The molecular formula is C21H21N3O3. The average Bonchev–Trinajstić information content (AvgIpc) is 2.64. The first-order valence-electron chi connectivity index (χ1n) is 8.56. The summed E-state index contributed by atoms with van der Waals surface area (Å²) in [5, 5.41) is 14.1. The van der Waals surface area contributed by atoms with Crippen molar-refractivity contribution < 1.29 is 14.6 Å². The van der Waals surface area contributed by atoms with Gasteiger partial charge in [0.1, 0.15) is 11.6 Å². The quantitative estimate of drug-likeness (QED) is 0.509. The van der Waals surface area contributed by atoms with Crippen molar-refractivity contribution in [2.75, 3.05) is 12.0 Å². The fourth-order valence-corrected chi connectivity index (χ4v) is 2.78. The maximum absolute atomic E-state index is 10.7. The number of carboxylic acids is 1. The largest absolute Gasteiger partial charge is 0.481 e. The highest BCUT2D eigenvalue weighted by molar-refractivity contribution is 5.88. The molecular weight excluding hydrogens is 342 g/mol. The van der Waals surface area contributed by atoms with E-state index in [2.05, 4.69) is 41.5 Å². The minimum absolute atomic E-state index is 0.400. The molecule has 6 nitrogen and oxygen atoms in total. The number of fused-ring (bicyclic) bond motifs is 1. The van der Waals surface area contributed by atoms with Crippen molar-refractivity contribution >= 4 is 28.9 Å². The number of hydrazone groups is 1. The minimum atomic E-state index is -1.03. The molecule has 0 saturated carbocycles. The van der Waals surface area contributed by atoms with Crippen LogP contribution in [-0.2, 0) is 4.79 Å². The lowest BCUT2D eigenvalue weighted by atomic mass is 10.0. The van der Waals surface area contributed by atoms with Gasteiger partial charge in [0.25, 0.3) is 0 Å². The second kappa shape index (κ2) is 7.86. The van der Waals surface area contributed by atoms with Gasteiger partial charge in [0.15, 0.2) is 6.61 Å². The van der Waals surface area contributed by atoms with Crippen molar-refractivity contribution in [1.82, 2.24) is 4.98 Å². The maximum Gasteiger partial charge on any atom is 0.341 e. The molecule has 0 atom stereocenters. The number of pyridine rings is 1. The molecule has 3 rings (SSSR count). The van der Waals surface area contributed by atoms with E-state index in [1.54, 1.807) is 24.4 Å². The van der Waals surface area contributed by atoms with Crippen LogP contribution < -0.4 is 10.2 Å². The normalized spacial score (nSPS) is 11.1. The molecule has 0 amide bonds. The highest BCUT2D eigenvalue weighted by atomic mass is 16.5. The van der Waals surface area contributed by atoms with E-state index < -0.39 is 12.6 Å². The first-order chi connectivity index (χ1) is 13.0. The number of nitrogens with one attached hydrogen (secondary N) is 1. The second-order valence-corrected chi connectivity index (χ2v) is 6.32. The Morgan fingerprint density at radius 2 is 1.96 bits per heavy atom. The Labute approximate surface area is 157 Å². The number of hydrogen-bond donors (Lipinski definition) is 2. The lowest BCUT2D eigenvalue weighted by Crippen LogP contribution is -2.10. The summed E-state index contributed by atoms with van der Waals surface area (Å²) in [4.78, 5) is 15.4. The molecule has 27 heavy (non-hydrogen) atoms. The van der Waals surface area contributed by atoms with E-state index in [0.29, 0.717) is 17.1 Å². The number of carboxylic acid groups (broad SMARTS) is 1. The number of aliphatic carboxylic acids is 1. The van der Waals surface area contributed by atoms with Crippen LogP contribution >= 0.6 is 0 Å². The van der Waals surface area contributed by atoms with E-state index in [1.165, 1.54) is 5.56 Å². The van der Waals surface area contributed by atoms with Crippen molar-refractivity contribution in [3.63, 3.8) is 0 Å². The van der Waals surface area contributed by atoms with E-state index in [1.807, 2.05) is 19.1 Å². The van der Waals surface area contributed by atoms with Crippen molar-refractivity contribution in [2.45, 2.75) is 20.8 Å². The van der Waals surface area contributed by atoms with Gasteiger partial charge in [-0.15, -0.1) is 0 Å². The molecule has 2 aromatic carbocycles. The number of aryl methyl sites for hydroxylation is 3. The number of carbonyl (C=O) groups is 1. The van der Waals surface area contributed by atoms with Crippen LogP contribution in [0, 0.1) is 20.8 Å². The first kappa shape index (κ1) is 18.4. The van der Waals surface area contributed by atoms with Crippen LogP contribution in [0.2, 0.25) is 0 Å². The lowest BCUT2D eigenvalue weighted by Gasteiger charge is -2.10. The molecule has 0 spiro atoms. The standard InChI is InChI=1S/C21H21N3O3/c1-13-8-9-17-14(2)10-19(23-21(17)15(13)3)24-22-11-16-6-4-5-7-18(16)27-12-20(25)26/h4-11H,12H2,1-3H3,(H,23,24)(H,25,26)/b22-11-. The van der Waals surface area contributed by atoms with Crippen LogP contribution in [0.4, 0.5) is 5.82 Å². The first-order valence-corrected chi connectivity index (χ1v) is 8.56. The van der Waals surface area contributed by atoms with Crippen molar-refractivity contribution in [1.29, 1.82) is 0 Å². The third kappa shape index (κ3) is 4.23. The molecule has 0 aliphatic carbocycles. The number of para-hydroxylation sites is 1. The number of anilines is 1. The zero-order valence-electron chi connectivity index (χ0n) is 15.5. The molecule has 3 aromatic rings. The average molecular weight is 363 g/mol. The van der Waals surface area contributed by atoms with Crippen molar-refractivity contribution in [2.24, 2.45) is 5.10 Å². The Bertz CT molecular complexity index is 1030. The topological polar surface area (TPSA) is 83.8 Å². The highest BCUT2D eigenvalue weighted by Gasteiger charge is 2.07. The molecule has 2 N–H and O–H groups in total. The summed E-state index contributed by atoms with van der Waals surface area (Å²) in [6.07, 6.45) is 1.58. The molecule has 0 unspecified atom stereocenters. The summed E-state index contributed by atoms with van der Waals surface area (Å²) in [6.45, 7) is 5.77. The Morgan fingerprint density at radius 1 is 1.19 bits per heavy atom. The Balaban J connectivity index is 1.83. The molecule has 1 aromatic heterocycles. The molecule has 0 bridgehead atoms. The molecule has 1 heterocycles. The summed E-state index contributed by atoms with van der Waals surface area (Å²) in [5.41, 5.74) is 8.04. The molecule has 0 saturated heterocycles. The van der Waals surface area contributed by atoms with E-state index in [4.69, 9.17) is 9.84 Å². The zero-order chi connectivity index (χ0) is 19.4. The maximum atomic E-state index is 10.7. The van der Waals surface area contributed by atoms with Gasteiger partial charge in [-0.2, -0.15) is 5.10 Å².